The maximum absolute atomic E-state index is 6.50. The minimum Gasteiger partial charge on any atom is -1.00 e. The number of halogens is 1. The van der Waals surface area contributed by atoms with Gasteiger partial charge in [0.25, 0.3) is 0 Å². The molecule has 0 aromatic heterocycles. The van der Waals surface area contributed by atoms with Gasteiger partial charge in [0.05, 0.1) is 0 Å². The fourth-order valence-electron chi connectivity index (χ4n) is 0. The standard InChI is InChI=1S/ClH.H3NO.H2O2/c;2*1-2/h1H;2H,1H2;1-2H/p-1. The van der Waals surface area contributed by atoms with Gasteiger partial charge in [0.2, 0.25) is 0 Å². The summed E-state index contributed by atoms with van der Waals surface area (Å²) >= 11 is 0. The smallest absolute Gasteiger partial charge is 0.219 e. The molecule has 0 unspecified atom stereocenters. The second kappa shape index (κ2) is 2390. The highest BCUT2D eigenvalue weighted by atomic mass is 35.5. The van der Waals surface area contributed by atoms with E-state index in [9.17, 15) is 0 Å². The van der Waals surface area contributed by atoms with Gasteiger partial charge in [0.15, 0.2) is 0 Å². The van der Waals surface area contributed by atoms with E-state index in [1.165, 1.54) is 0 Å². The molecule has 0 aliphatic heterocycles. The number of rotatable bonds is 0. The van der Waals surface area contributed by atoms with Crippen molar-refractivity contribution in [1.82, 2.24) is 0 Å². The molecule has 0 aliphatic rings. The van der Waals surface area contributed by atoms with Crippen LogP contribution in [0.4, 0.5) is 0 Å². The maximum Gasteiger partial charge on any atom is -0.219 e. The largest absolute Gasteiger partial charge is 1.00 e. The van der Waals surface area contributed by atoms with Gasteiger partial charge < -0.3 is 17.6 Å². The predicted octanol–water partition coefficient (Wildman–Crippen LogP) is -3.64. The van der Waals surface area contributed by atoms with Gasteiger partial charge in [-0.05, 0) is 0 Å². The summed E-state index contributed by atoms with van der Waals surface area (Å²) in [5.74, 6) is 3.50. The topological polar surface area (TPSA) is 86.7 Å². The van der Waals surface area contributed by atoms with E-state index in [0.717, 1.165) is 0 Å². The molecule has 4 nitrogen and oxygen atoms in total. The Morgan fingerprint density at radius 1 is 1.00 bits per heavy atom. The Labute approximate surface area is 35.1 Å². The minimum absolute atomic E-state index is 0. The lowest BCUT2D eigenvalue weighted by atomic mass is 13.6. The first-order valence-corrected chi connectivity index (χ1v) is 0.458. The molecule has 0 fully saturated rings. The van der Waals surface area contributed by atoms with E-state index in [4.69, 9.17) is 15.7 Å². The van der Waals surface area contributed by atoms with Crippen LogP contribution in [0.5, 0.6) is 0 Å². The molecular weight excluding hydrogens is 97.5 g/mol. The molecule has 5 heteroatoms. The third-order valence-electron chi connectivity index (χ3n) is 0. The van der Waals surface area contributed by atoms with E-state index >= 15 is 0 Å². The van der Waals surface area contributed by atoms with Gasteiger partial charge in [-0.3, -0.25) is 10.5 Å². The number of nitrogens with two attached hydrogens (primary N) is 1. The molecule has 0 saturated heterocycles. The molecular formula is H5ClNO3-. The van der Waals surface area contributed by atoms with Crippen LogP contribution in [0, 0.1) is 0 Å². The highest BCUT2D eigenvalue weighted by molar-refractivity contribution is 2.77. The van der Waals surface area contributed by atoms with Crippen molar-refractivity contribution in [2.45, 2.75) is 0 Å². The van der Waals surface area contributed by atoms with Crippen LogP contribution in [0.25, 0.3) is 0 Å². The summed E-state index contributed by atoms with van der Waals surface area (Å²) in [7, 11) is 0. The van der Waals surface area contributed by atoms with Crippen LogP contribution in [0.2, 0.25) is 0 Å². The lowest BCUT2D eigenvalue weighted by Crippen LogP contribution is -3.00. The van der Waals surface area contributed by atoms with E-state index in [1.54, 1.807) is 0 Å². The van der Waals surface area contributed by atoms with Crippen molar-refractivity contribution in [3.05, 3.63) is 0 Å². The highest BCUT2D eigenvalue weighted by Gasteiger charge is 0.746. The molecule has 0 heterocycles. The van der Waals surface area contributed by atoms with Gasteiger partial charge in [-0.2, -0.15) is 0 Å². The molecule has 0 spiro atoms. The zero-order chi connectivity index (χ0) is 4.00. The summed E-state index contributed by atoms with van der Waals surface area (Å²) in [6.07, 6.45) is 0. The molecule has 0 amide bonds. The Morgan fingerprint density at radius 3 is 1.00 bits per heavy atom. The normalized spacial score (nSPS) is 2.40. The van der Waals surface area contributed by atoms with Gasteiger partial charge in [0, 0.05) is 0 Å². The first-order valence-electron chi connectivity index (χ1n) is 0.458. The van der Waals surface area contributed by atoms with Crippen LogP contribution in [-0.2, 0) is 0 Å². The molecule has 0 rings (SSSR count). The number of hydrogen-bond acceptors (Lipinski definition) is 4. The van der Waals surface area contributed by atoms with Gasteiger partial charge in [0.1, 0.15) is 0 Å². The van der Waals surface area contributed by atoms with Crippen LogP contribution in [-0.4, -0.2) is 15.7 Å². The van der Waals surface area contributed by atoms with Crippen molar-refractivity contribution >= 4 is 0 Å². The van der Waals surface area contributed by atoms with Gasteiger partial charge in [-0.1, -0.05) is 0 Å². The van der Waals surface area contributed by atoms with Crippen molar-refractivity contribution in [3.63, 3.8) is 0 Å². The van der Waals surface area contributed by atoms with Crippen molar-refractivity contribution < 1.29 is 28.1 Å². The molecule has 0 radical (unpaired) electrons. The van der Waals surface area contributed by atoms with Crippen molar-refractivity contribution in [3.8, 4) is 0 Å². The SMILES string of the molecule is NO.OO.[Cl-]. The first kappa shape index (κ1) is 19.3. The summed E-state index contributed by atoms with van der Waals surface area (Å²) < 4.78 is 0. The molecule has 0 aromatic carbocycles. The Kier molecular flexibility index (Phi) is 9240. The van der Waals surface area contributed by atoms with Crippen LogP contribution >= 0.6 is 0 Å². The average molecular weight is 102 g/mol. The van der Waals surface area contributed by atoms with Crippen molar-refractivity contribution in [1.29, 1.82) is 0 Å². The van der Waals surface area contributed by atoms with E-state index < -0.39 is 0 Å². The van der Waals surface area contributed by atoms with E-state index in [2.05, 4.69) is 5.90 Å². The zero-order valence-electron chi connectivity index (χ0n) is 2.30. The van der Waals surface area contributed by atoms with Crippen molar-refractivity contribution in [2.24, 2.45) is 5.90 Å². The Morgan fingerprint density at radius 2 is 1.00 bits per heavy atom. The molecule has 0 bridgehead atoms. The van der Waals surface area contributed by atoms with Crippen molar-refractivity contribution in [2.75, 3.05) is 0 Å². The average Bonchev–Trinajstić information content (AvgIpc) is 1.50. The fourth-order valence-corrected chi connectivity index (χ4v) is 0. The number of hydrogen-bond donors (Lipinski definition) is 4. The molecule has 0 aliphatic carbocycles. The molecule has 36 valence electrons. The van der Waals surface area contributed by atoms with Crippen LogP contribution in [0.1, 0.15) is 0 Å². The summed E-state index contributed by atoms with van der Waals surface area (Å²) in [6.45, 7) is 0. The second-order valence-corrected chi connectivity index (χ2v) is 0. The minimum atomic E-state index is 0. The van der Waals surface area contributed by atoms with E-state index in [1.807, 2.05) is 0 Å². The molecule has 0 saturated carbocycles. The maximum atomic E-state index is 6.50. The van der Waals surface area contributed by atoms with Crippen LogP contribution in [0.3, 0.4) is 0 Å². The predicted molar refractivity (Wildman–Crippen MR) is 11.2 cm³/mol. The Balaban J connectivity index is -0.0000000133. The Hall–Kier alpha value is 0.130. The summed E-state index contributed by atoms with van der Waals surface area (Å²) in [4.78, 5) is 0. The Bertz CT molecular complexity index is 6.85. The van der Waals surface area contributed by atoms with Gasteiger partial charge in [-0.15, -0.1) is 0 Å². The quantitative estimate of drug-likeness (QED) is 0.188. The molecule has 5 N–H and O–H groups in total. The third kappa shape index (κ3) is 1110. The molecule has 0 atom stereocenters. The third-order valence-corrected chi connectivity index (χ3v) is 0. The lowest BCUT2D eigenvalue weighted by molar-refractivity contribution is -0.176. The van der Waals surface area contributed by atoms with E-state index in [0.29, 0.717) is 0 Å². The monoisotopic (exact) mass is 102 g/mol. The second-order valence-electron chi connectivity index (χ2n) is 0. The lowest BCUT2D eigenvalue weighted by Gasteiger charge is -1.27. The van der Waals surface area contributed by atoms with E-state index in [-0.39, 0.29) is 12.4 Å². The van der Waals surface area contributed by atoms with Crippen LogP contribution < -0.4 is 18.3 Å². The molecule has 0 aromatic rings. The fraction of sp³-hybridized carbons (Fsp3) is 0. The zero-order valence-corrected chi connectivity index (χ0v) is 3.05. The summed E-state index contributed by atoms with van der Waals surface area (Å²) in [6, 6.07) is 0. The highest BCUT2D eigenvalue weighted by Crippen LogP contribution is 0.711. The van der Waals surface area contributed by atoms with Crippen LogP contribution in [0.15, 0.2) is 0 Å². The van der Waals surface area contributed by atoms with Gasteiger partial charge in [-0.25, -0.2) is 5.90 Å². The first-order chi connectivity index (χ1) is 2.00. The van der Waals surface area contributed by atoms with Gasteiger partial charge >= 0.3 is 0 Å². The molecule has 5 heavy (non-hydrogen) atoms. The summed E-state index contributed by atoms with van der Waals surface area (Å²) in [5, 5.41) is 18.5. The summed E-state index contributed by atoms with van der Waals surface area (Å²) in [5.41, 5.74) is 0.